The van der Waals surface area contributed by atoms with E-state index in [1.54, 1.807) is 19.1 Å². The summed E-state index contributed by atoms with van der Waals surface area (Å²) in [5.74, 6) is -1.52. The van der Waals surface area contributed by atoms with E-state index in [1.165, 1.54) is 19.3 Å². The number of rotatable bonds is 5. The van der Waals surface area contributed by atoms with E-state index >= 15 is 0 Å². The Labute approximate surface area is 131 Å². The number of hydrogen-bond donors (Lipinski definition) is 3. The molecule has 0 aromatic carbocycles. The van der Waals surface area contributed by atoms with Crippen molar-refractivity contribution < 1.29 is 19.4 Å². The van der Waals surface area contributed by atoms with Gasteiger partial charge in [0.15, 0.2) is 5.75 Å². The van der Waals surface area contributed by atoms with E-state index < -0.39 is 18.0 Å². The average molecular weight is 324 g/mol. The lowest BCUT2D eigenvalue weighted by atomic mass is 10.2. The maximum absolute atomic E-state index is 11.8. The van der Waals surface area contributed by atoms with Crippen molar-refractivity contribution in [3.63, 3.8) is 0 Å². The van der Waals surface area contributed by atoms with E-state index in [0.29, 0.717) is 10.7 Å². The molecule has 1 amide bonds. The number of nitrogens with one attached hydrogen (secondary N) is 2. The number of pyridine rings is 1. The van der Waals surface area contributed by atoms with Gasteiger partial charge in [-0.2, -0.15) is 0 Å². The van der Waals surface area contributed by atoms with Crippen molar-refractivity contribution in [2.75, 3.05) is 7.05 Å². The van der Waals surface area contributed by atoms with Crippen LogP contribution in [0.2, 0.25) is 5.02 Å². The Morgan fingerprint density at radius 3 is 2.73 bits per heavy atom. The van der Waals surface area contributed by atoms with E-state index in [2.05, 4.69) is 15.3 Å². The highest BCUT2D eigenvalue weighted by Gasteiger charge is 2.21. The first-order valence-corrected chi connectivity index (χ1v) is 6.76. The zero-order valence-corrected chi connectivity index (χ0v) is 12.6. The first-order valence-electron chi connectivity index (χ1n) is 6.39. The van der Waals surface area contributed by atoms with Crippen LogP contribution in [0.15, 0.2) is 24.4 Å². The maximum Gasteiger partial charge on any atom is 0.352 e. The van der Waals surface area contributed by atoms with Gasteiger partial charge in [-0.1, -0.05) is 11.6 Å². The molecule has 1 unspecified atom stereocenters. The number of H-pyrrole nitrogens is 1. The van der Waals surface area contributed by atoms with Crippen LogP contribution in [0, 0.1) is 0 Å². The quantitative estimate of drug-likeness (QED) is 0.783. The largest absolute Gasteiger partial charge is 0.482 e. The summed E-state index contributed by atoms with van der Waals surface area (Å²) < 4.78 is 5.66. The van der Waals surface area contributed by atoms with Gasteiger partial charge in [0.25, 0.3) is 5.91 Å². The molecule has 0 aliphatic rings. The zero-order chi connectivity index (χ0) is 16.3. The summed E-state index contributed by atoms with van der Waals surface area (Å²) in [5, 5.41) is 11.9. The Hall–Kier alpha value is -2.54. The molecule has 116 valence electrons. The smallest absolute Gasteiger partial charge is 0.352 e. The molecule has 0 aliphatic carbocycles. The molecule has 2 aromatic heterocycles. The number of aromatic amines is 1. The Balaban J connectivity index is 2.29. The molecule has 2 rings (SSSR count). The van der Waals surface area contributed by atoms with Gasteiger partial charge in [-0.15, -0.1) is 0 Å². The Kier molecular flexibility index (Phi) is 4.67. The highest BCUT2D eigenvalue weighted by Crippen LogP contribution is 2.26. The number of nitrogens with zero attached hydrogens (tertiary/aromatic N) is 1. The van der Waals surface area contributed by atoms with Crippen LogP contribution in [0.25, 0.3) is 0 Å². The summed E-state index contributed by atoms with van der Waals surface area (Å²) in [6, 6.07) is 4.62. The Morgan fingerprint density at radius 1 is 1.45 bits per heavy atom. The van der Waals surface area contributed by atoms with Gasteiger partial charge in [0.2, 0.25) is 0 Å². The van der Waals surface area contributed by atoms with Gasteiger partial charge in [-0.3, -0.25) is 9.78 Å². The van der Waals surface area contributed by atoms with Crippen molar-refractivity contribution in [2.45, 2.75) is 13.0 Å². The summed E-state index contributed by atoms with van der Waals surface area (Å²) in [6.07, 6.45) is 0.994. The van der Waals surface area contributed by atoms with Crippen molar-refractivity contribution in [3.8, 4) is 5.75 Å². The lowest BCUT2D eigenvalue weighted by Gasteiger charge is -2.14. The molecule has 0 spiro atoms. The van der Waals surface area contributed by atoms with Gasteiger partial charge < -0.3 is 20.1 Å². The van der Waals surface area contributed by atoms with Crippen LogP contribution in [0.3, 0.4) is 0 Å². The standard InChI is InChI=1S/C14H14ClN3O4/c1-7(9-4-3-8(15)6-17-9)22-11-5-10(14(20)21)18-12(11)13(19)16-2/h3-7,18H,1-2H3,(H,16,19)(H,20,21). The fraction of sp³-hybridized carbons (Fsp3) is 0.214. The van der Waals surface area contributed by atoms with Crippen LogP contribution in [0.4, 0.5) is 0 Å². The molecule has 0 aliphatic heterocycles. The number of carbonyl (C=O) groups excluding carboxylic acids is 1. The molecule has 0 bridgehead atoms. The maximum atomic E-state index is 11.8. The topological polar surface area (TPSA) is 104 Å². The van der Waals surface area contributed by atoms with Gasteiger partial charge in [0.1, 0.15) is 17.5 Å². The first-order chi connectivity index (χ1) is 10.4. The summed E-state index contributed by atoms with van der Waals surface area (Å²) >= 11 is 5.77. The molecule has 22 heavy (non-hydrogen) atoms. The van der Waals surface area contributed by atoms with Gasteiger partial charge >= 0.3 is 5.97 Å². The number of carboxylic acid groups (broad SMARTS) is 1. The fourth-order valence-corrected chi connectivity index (χ4v) is 1.93. The summed E-state index contributed by atoms with van der Waals surface area (Å²) in [6.45, 7) is 1.73. The summed E-state index contributed by atoms with van der Waals surface area (Å²) in [4.78, 5) is 29.5. The minimum atomic E-state index is -1.18. The van der Waals surface area contributed by atoms with Crippen molar-refractivity contribution in [1.82, 2.24) is 15.3 Å². The minimum Gasteiger partial charge on any atom is -0.482 e. The van der Waals surface area contributed by atoms with E-state index in [-0.39, 0.29) is 17.1 Å². The van der Waals surface area contributed by atoms with Crippen molar-refractivity contribution in [2.24, 2.45) is 0 Å². The lowest BCUT2D eigenvalue weighted by Crippen LogP contribution is -2.19. The van der Waals surface area contributed by atoms with E-state index in [9.17, 15) is 9.59 Å². The molecular formula is C14H14ClN3O4. The number of carboxylic acids is 1. The molecule has 0 fully saturated rings. The van der Waals surface area contributed by atoms with Gasteiger partial charge in [0.05, 0.1) is 10.7 Å². The minimum absolute atomic E-state index is 0.0423. The number of hydrogen-bond acceptors (Lipinski definition) is 4. The third kappa shape index (κ3) is 3.37. The van der Waals surface area contributed by atoms with Crippen molar-refractivity contribution in [1.29, 1.82) is 0 Å². The molecule has 0 saturated carbocycles. The van der Waals surface area contributed by atoms with Crippen molar-refractivity contribution >= 4 is 23.5 Å². The molecule has 2 heterocycles. The predicted molar refractivity (Wildman–Crippen MR) is 79.4 cm³/mol. The Bertz CT molecular complexity index is 697. The highest BCUT2D eigenvalue weighted by molar-refractivity contribution is 6.30. The van der Waals surface area contributed by atoms with Gasteiger partial charge in [0, 0.05) is 19.3 Å². The molecule has 0 radical (unpaired) electrons. The molecular weight excluding hydrogens is 310 g/mol. The normalized spacial score (nSPS) is 11.8. The van der Waals surface area contributed by atoms with Gasteiger partial charge in [-0.25, -0.2) is 4.79 Å². The van der Waals surface area contributed by atoms with Crippen LogP contribution in [-0.4, -0.2) is 34.0 Å². The van der Waals surface area contributed by atoms with E-state index in [1.807, 2.05) is 0 Å². The van der Waals surface area contributed by atoms with Gasteiger partial charge in [-0.05, 0) is 19.1 Å². The second-order valence-electron chi connectivity index (χ2n) is 4.47. The van der Waals surface area contributed by atoms with Crippen LogP contribution in [0.5, 0.6) is 5.75 Å². The highest BCUT2D eigenvalue weighted by atomic mass is 35.5. The lowest BCUT2D eigenvalue weighted by molar-refractivity contribution is 0.0691. The number of halogens is 1. The number of amides is 1. The number of ether oxygens (including phenoxy) is 1. The van der Waals surface area contributed by atoms with Crippen LogP contribution in [0.1, 0.15) is 39.7 Å². The predicted octanol–water partition coefficient (Wildman–Crippen LogP) is 2.26. The van der Waals surface area contributed by atoms with Crippen molar-refractivity contribution in [3.05, 3.63) is 46.5 Å². The third-order valence-electron chi connectivity index (χ3n) is 2.94. The van der Waals surface area contributed by atoms with E-state index in [4.69, 9.17) is 21.4 Å². The fourth-order valence-electron chi connectivity index (χ4n) is 1.82. The number of carbonyl (C=O) groups is 2. The number of aromatic carboxylic acids is 1. The second-order valence-corrected chi connectivity index (χ2v) is 4.90. The number of aromatic nitrogens is 2. The summed E-state index contributed by atoms with van der Waals surface area (Å²) in [7, 11) is 1.44. The molecule has 7 nitrogen and oxygen atoms in total. The van der Waals surface area contributed by atoms with Crippen LogP contribution >= 0.6 is 11.6 Å². The molecule has 8 heteroatoms. The SMILES string of the molecule is CNC(=O)c1[nH]c(C(=O)O)cc1OC(C)c1ccc(Cl)cn1. The monoisotopic (exact) mass is 323 g/mol. The Morgan fingerprint density at radius 2 is 2.18 bits per heavy atom. The second kappa shape index (κ2) is 6.48. The molecule has 1 atom stereocenters. The zero-order valence-electron chi connectivity index (χ0n) is 11.9. The third-order valence-corrected chi connectivity index (χ3v) is 3.16. The van der Waals surface area contributed by atoms with Crippen LogP contribution in [-0.2, 0) is 0 Å². The first kappa shape index (κ1) is 15.8. The van der Waals surface area contributed by atoms with E-state index in [0.717, 1.165) is 0 Å². The average Bonchev–Trinajstić information content (AvgIpc) is 2.91. The van der Waals surface area contributed by atoms with Crippen LogP contribution < -0.4 is 10.1 Å². The molecule has 0 saturated heterocycles. The summed E-state index contributed by atoms with van der Waals surface area (Å²) in [5.41, 5.74) is 0.510. The molecule has 2 aromatic rings. The molecule has 3 N–H and O–H groups in total.